The summed E-state index contributed by atoms with van der Waals surface area (Å²) in [7, 11) is 1.67. The quantitative estimate of drug-likeness (QED) is 0.432. The third kappa shape index (κ3) is 4.69. The van der Waals surface area contributed by atoms with E-state index >= 15 is 0 Å². The van der Waals surface area contributed by atoms with Gasteiger partial charge in [0.2, 0.25) is 0 Å². The third-order valence-corrected chi connectivity index (χ3v) is 3.36. The van der Waals surface area contributed by atoms with Crippen molar-refractivity contribution in [1.29, 1.82) is 0 Å². The molecule has 0 N–H and O–H groups in total. The number of carbonyl (C=O) groups is 1. The van der Waals surface area contributed by atoms with Gasteiger partial charge in [0.05, 0.1) is 0 Å². The fourth-order valence-corrected chi connectivity index (χ4v) is 2.37. The summed E-state index contributed by atoms with van der Waals surface area (Å²) in [6, 6.07) is 8.12. The van der Waals surface area contributed by atoms with Crippen molar-refractivity contribution in [3.05, 3.63) is 41.5 Å². The number of aryl methyl sites for hydroxylation is 1. The van der Waals surface area contributed by atoms with Gasteiger partial charge in [0.1, 0.15) is 6.29 Å². The Hall–Kier alpha value is -1.32. The molecule has 19 heavy (non-hydrogen) atoms. The molecule has 0 saturated heterocycles. The lowest BCUT2D eigenvalue weighted by Crippen LogP contribution is -2.14. The van der Waals surface area contributed by atoms with Crippen LogP contribution < -0.4 is 0 Å². The first kappa shape index (κ1) is 15.7. The van der Waals surface area contributed by atoms with Crippen LogP contribution in [-0.4, -0.2) is 24.9 Å². The Morgan fingerprint density at radius 3 is 2.74 bits per heavy atom. The van der Waals surface area contributed by atoms with Crippen LogP contribution >= 0.6 is 12.2 Å². The molecule has 2 nitrogen and oxygen atoms in total. The molecule has 3 heteroatoms. The van der Waals surface area contributed by atoms with Crippen LogP contribution in [0.2, 0.25) is 0 Å². The smallest absolute Gasteiger partial charge is 0.143 e. The van der Waals surface area contributed by atoms with Crippen LogP contribution in [0.15, 0.2) is 30.3 Å². The first-order valence-electron chi connectivity index (χ1n) is 6.32. The molecular formula is C16H20O2S. The van der Waals surface area contributed by atoms with Crippen molar-refractivity contribution in [3.63, 3.8) is 0 Å². The second kappa shape index (κ2) is 7.97. The summed E-state index contributed by atoms with van der Waals surface area (Å²) in [6.45, 7) is 4.58. The second-order valence-electron chi connectivity index (χ2n) is 4.57. The monoisotopic (exact) mass is 276 g/mol. The average Bonchev–Trinajstić information content (AvgIpc) is 2.37. The van der Waals surface area contributed by atoms with E-state index in [2.05, 4.69) is 6.07 Å². The Morgan fingerprint density at radius 1 is 1.47 bits per heavy atom. The summed E-state index contributed by atoms with van der Waals surface area (Å²) in [5.74, 6) is 0.0712. The number of carbonyl (C=O) groups excluding carboxylic acids is 1. The van der Waals surface area contributed by atoms with Crippen molar-refractivity contribution in [2.45, 2.75) is 20.3 Å². The Morgan fingerprint density at radius 2 is 2.21 bits per heavy atom. The molecule has 102 valence electrons. The Bertz CT molecular complexity index is 477. The van der Waals surface area contributed by atoms with Crippen molar-refractivity contribution < 1.29 is 9.53 Å². The van der Waals surface area contributed by atoms with E-state index in [-0.39, 0.29) is 5.92 Å². The second-order valence-corrected chi connectivity index (χ2v) is 5.22. The lowest BCUT2D eigenvalue weighted by molar-refractivity contribution is -0.104. The van der Waals surface area contributed by atoms with Gasteiger partial charge < -0.3 is 4.74 Å². The zero-order valence-corrected chi connectivity index (χ0v) is 12.5. The molecule has 0 bridgehead atoms. The summed E-state index contributed by atoms with van der Waals surface area (Å²) in [6.07, 6.45) is 3.24. The molecule has 1 aromatic carbocycles. The van der Waals surface area contributed by atoms with Crippen molar-refractivity contribution in [2.24, 2.45) is 5.92 Å². The number of thiocarbonyl (C=S) groups is 1. The number of aldehydes is 1. The summed E-state index contributed by atoms with van der Waals surface area (Å²) in [5.41, 5.74) is 3.20. The summed E-state index contributed by atoms with van der Waals surface area (Å²) >= 11 is 5.34. The van der Waals surface area contributed by atoms with Gasteiger partial charge in [-0.3, -0.25) is 4.79 Å². The molecule has 0 saturated carbocycles. The van der Waals surface area contributed by atoms with E-state index in [1.807, 2.05) is 32.0 Å². The maximum absolute atomic E-state index is 10.9. The van der Waals surface area contributed by atoms with E-state index in [4.69, 9.17) is 17.0 Å². The summed E-state index contributed by atoms with van der Waals surface area (Å²) in [5, 5.41) is 0. The summed E-state index contributed by atoms with van der Waals surface area (Å²) in [4.78, 5) is 11.8. The van der Waals surface area contributed by atoms with Crippen LogP contribution in [0, 0.1) is 12.8 Å². The average molecular weight is 276 g/mol. The van der Waals surface area contributed by atoms with E-state index in [1.54, 1.807) is 13.2 Å². The minimum absolute atomic E-state index is 0.0712. The van der Waals surface area contributed by atoms with Crippen LogP contribution in [0.25, 0.3) is 5.57 Å². The van der Waals surface area contributed by atoms with E-state index in [0.717, 1.165) is 28.7 Å². The van der Waals surface area contributed by atoms with Crippen LogP contribution in [-0.2, 0) is 9.53 Å². The van der Waals surface area contributed by atoms with Gasteiger partial charge in [-0.25, -0.2) is 0 Å². The highest BCUT2D eigenvalue weighted by atomic mass is 32.1. The van der Waals surface area contributed by atoms with Gasteiger partial charge in [-0.15, -0.1) is 0 Å². The Kier molecular flexibility index (Phi) is 6.60. The summed E-state index contributed by atoms with van der Waals surface area (Å²) < 4.78 is 5.14. The number of ether oxygens (including phenoxy) is 1. The Labute approximate surface area is 120 Å². The van der Waals surface area contributed by atoms with Gasteiger partial charge in [-0.05, 0) is 42.3 Å². The first-order valence-corrected chi connectivity index (χ1v) is 6.72. The van der Waals surface area contributed by atoms with Gasteiger partial charge in [-0.1, -0.05) is 42.0 Å². The highest BCUT2D eigenvalue weighted by Gasteiger charge is 2.18. The number of methoxy groups -OCH3 is 1. The first-order chi connectivity index (χ1) is 9.10. The molecule has 1 rings (SSSR count). The zero-order valence-electron chi connectivity index (χ0n) is 11.7. The van der Waals surface area contributed by atoms with Crippen LogP contribution in [0.3, 0.4) is 0 Å². The van der Waals surface area contributed by atoms with Crippen LogP contribution in [0.4, 0.5) is 0 Å². The standard InChI is InChI=1S/C16H20O2S/c1-12-5-4-6-14(11-12)16(7-9-17)15(13(2)19)8-10-18-3/h4-7,9,11,15H,8,10H2,1-3H3/b16-7-. The van der Waals surface area contributed by atoms with Gasteiger partial charge in [0.15, 0.2) is 0 Å². The highest BCUT2D eigenvalue weighted by Crippen LogP contribution is 2.28. The van der Waals surface area contributed by atoms with Crippen molar-refractivity contribution in [3.8, 4) is 0 Å². The lowest BCUT2D eigenvalue weighted by Gasteiger charge is -2.19. The zero-order chi connectivity index (χ0) is 14.3. The van der Waals surface area contributed by atoms with Crippen molar-refractivity contribution >= 4 is 28.9 Å². The molecule has 0 fully saturated rings. The van der Waals surface area contributed by atoms with E-state index in [0.29, 0.717) is 6.61 Å². The maximum Gasteiger partial charge on any atom is 0.143 e. The number of hydrogen-bond donors (Lipinski definition) is 0. The molecule has 0 aromatic heterocycles. The van der Waals surface area contributed by atoms with E-state index in [1.165, 1.54) is 5.56 Å². The molecule has 0 radical (unpaired) electrons. The van der Waals surface area contributed by atoms with E-state index < -0.39 is 0 Å². The molecule has 1 atom stereocenters. The SMILES string of the molecule is COCCC(C(C)=S)/C(=C\C=O)c1cccc(C)c1. The largest absolute Gasteiger partial charge is 0.385 e. The predicted octanol–water partition coefficient (Wildman–Crippen LogP) is 3.62. The lowest BCUT2D eigenvalue weighted by atomic mass is 9.87. The maximum atomic E-state index is 10.9. The molecule has 0 aliphatic carbocycles. The molecule has 0 aliphatic heterocycles. The molecule has 1 aromatic rings. The molecule has 1 unspecified atom stereocenters. The van der Waals surface area contributed by atoms with Crippen LogP contribution in [0.5, 0.6) is 0 Å². The fourth-order valence-electron chi connectivity index (χ4n) is 2.12. The highest BCUT2D eigenvalue weighted by molar-refractivity contribution is 7.80. The fraction of sp³-hybridized carbons (Fsp3) is 0.375. The van der Waals surface area contributed by atoms with E-state index in [9.17, 15) is 4.79 Å². The molecular weight excluding hydrogens is 256 g/mol. The minimum Gasteiger partial charge on any atom is -0.385 e. The van der Waals surface area contributed by atoms with Crippen molar-refractivity contribution in [2.75, 3.05) is 13.7 Å². The number of hydrogen-bond acceptors (Lipinski definition) is 3. The predicted molar refractivity (Wildman–Crippen MR) is 83.5 cm³/mol. The number of rotatable bonds is 7. The third-order valence-electron chi connectivity index (χ3n) is 3.08. The molecule has 0 heterocycles. The number of benzene rings is 1. The topological polar surface area (TPSA) is 26.3 Å². The van der Waals surface area contributed by atoms with Gasteiger partial charge in [0.25, 0.3) is 0 Å². The van der Waals surface area contributed by atoms with Gasteiger partial charge in [-0.2, -0.15) is 0 Å². The molecule has 0 aliphatic rings. The molecule has 0 spiro atoms. The number of allylic oxidation sites excluding steroid dienone is 2. The molecule has 0 amide bonds. The Balaban J connectivity index is 3.14. The van der Waals surface area contributed by atoms with Gasteiger partial charge >= 0.3 is 0 Å². The minimum atomic E-state index is 0.0712. The normalized spacial score (nSPS) is 13.1. The van der Waals surface area contributed by atoms with Gasteiger partial charge in [0, 0.05) is 19.6 Å². The van der Waals surface area contributed by atoms with Crippen LogP contribution in [0.1, 0.15) is 24.5 Å². The van der Waals surface area contributed by atoms with Crippen molar-refractivity contribution in [1.82, 2.24) is 0 Å².